The summed E-state index contributed by atoms with van der Waals surface area (Å²) in [7, 11) is 0. The molecule has 4 nitrogen and oxygen atoms in total. The molecule has 0 rings (SSSR count). The average Bonchev–Trinajstić information content (AvgIpc) is 2.80. The number of rotatable bonds is 26. The molecule has 2 unspecified atom stereocenters. The molecule has 0 saturated carbocycles. The molecular weight excluding hydrogens is 436 g/mol. The Morgan fingerprint density at radius 3 is 1.29 bits per heavy atom. The molecule has 0 aromatic rings. The van der Waals surface area contributed by atoms with Gasteiger partial charge in [-0.1, -0.05) is 137 Å². The molecule has 2 atom stereocenters. The fourth-order valence-corrected chi connectivity index (χ4v) is 5.34. The van der Waals surface area contributed by atoms with Crippen LogP contribution in [0.1, 0.15) is 169 Å². The van der Waals surface area contributed by atoms with E-state index >= 15 is 0 Å². The molecule has 0 aromatic heterocycles. The predicted octanol–water partition coefficient (Wildman–Crippen LogP) is 10.0. The van der Waals surface area contributed by atoms with Crippen LogP contribution in [0.25, 0.3) is 0 Å². The van der Waals surface area contributed by atoms with Crippen LogP contribution in [-0.4, -0.2) is 22.2 Å². The lowest BCUT2D eigenvalue weighted by Crippen LogP contribution is -2.23. The van der Waals surface area contributed by atoms with Crippen molar-refractivity contribution in [2.75, 3.05) is 0 Å². The van der Waals surface area contributed by atoms with Gasteiger partial charge in [-0.2, -0.15) is 0 Å². The minimum absolute atomic E-state index is 0.0663. The highest BCUT2D eigenvalue weighted by Crippen LogP contribution is 2.34. The van der Waals surface area contributed by atoms with Gasteiger partial charge in [0.15, 0.2) is 0 Å². The highest BCUT2D eigenvalue weighted by atomic mass is 16.4. The number of hydrogen-bond donors (Lipinski definition) is 2. The van der Waals surface area contributed by atoms with Crippen molar-refractivity contribution >= 4 is 11.9 Å². The van der Waals surface area contributed by atoms with Crippen LogP contribution in [0.2, 0.25) is 0 Å². The Balaban J connectivity index is 4.00. The first-order valence-electron chi connectivity index (χ1n) is 15.2. The summed E-state index contributed by atoms with van der Waals surface area (Å²) in [6.45, 7) is 8.89. The summed E-state index contributed by atoms with van der Waals surface area (Å²) in [5, 5.41) is 19.2. The van der Waals surface area contributed by atoms with Gasteiger partial charge in [-0.15, -0.1) is 0 Å². The van der Waals surface area contributed by atoms with Gasteiger partial charge in [0, 0.05) is 0 Å². The summed E-state index contributed by atoms with van der Waals surface area (Å²) in [6.07, 6.45) is 24.4. The molecule has 2 N–H and O–H groups in total. The Bertz CT molecular complexity index is 514. The molecule has 0 aliphatic heterocycles. The topological polar surface area (TPSA) is 74.6 Å². The van der Waals surface area contributed by atoms with E-state index in [-0.39, 0.29) is 17.3 Å². The fraction of sp³-hybridized carbons (Fsp3) is 0.935. The van der Waals surface area contributed by atoms with Gasteiger partial charge < -0.3 is 10.2 Å². The monoisotopic (exact) mass is 496 g/mol. The molecule has 0 aliphatic carbocycles. The standard InChI is InChI=1S/C31H60O4/c1-5-7-9-11-14-18-22-27(29(32)33)23-19-16-13-17-21-25-31(3,4)26-28(30(34)35)24-20-15-12-10-8-6-2/h27-28H,5-26H2,1-4H3,(H,32,33)(H,34,35). The van der Waals surface area contributed by atoms with E-state index in [2.05, 4.69) is 27.7 Å². The Morgan fingerprint density at radius 1 is 0.543 bits per heavy atom. The molecule has 0 heterocycles. The van der Waals surface area contributed by atoms with E-state index in [1.165, 1.54) is 57.8 Å². The first-order valence-corrected chi connectivity index (χ1v) is 15.2. The van der Waals surface area contributed by atoms with Crippen LogP contribution in [0.5, 0.6) is 0 Å². The van der Waals surface area contributed by atoms with Gasteiger partial charge >= 0.3 is 11.9 Å². The summed E-state index contributed by atoms with van der Waals surface area (Å²) >= 11 is 0. The molecule has 0 saturated heterocycles. The van der Waals surface area contributed by atoms with E-state index in [1.54, 1.807) is 0 Å². The zero-order valence-electron chi connectivity index (χ0n) is 23.9. The second kappa shape index (κ2) is 22.2. The van der Waals surface area contributed by atoms with Gasteiger partial charge in [-0.05, 0) is 37.5 Å². The largest absolute Gasteiger partial charge is 0.481 e. The molecule has 0 fully saturated rings. The van der Waals surface area contributed by atoms with Crippen LogP contribution in [0, 0.1) is 17.3 Å². The van der Waals surface area contributed by atoms with Crippen LogP contribution in [0.3, 0.4) is 0 Å². The number of carbonyl (C=O) groups is 2. The molecule has 0 spiro atoms. The molecule has 0 amide bonds. The third kappa shape index (κ3) is 20.8. The van der Waals surface area contributed by atoms with E-state index in [0.29, 0.717) is 0 Å². The summed E-state index contributed by atoms with van der Waals surface area (Å²) in [4.78, 5) is 23.3. The lowest BCUT2D eigenvalue weighted by Gasteiger charge is -2.28. The molecule has 0 aliphatic rings. The maximum atomic E-state index is 11.8. The first-order chi connectivity index (χ1) is 16.7. The second-order valence-corrected chi connectivity index (χ2v) is 11.9. The molecule has 0 radical (unpaired) electrons. The molecule has 0 aromatic carbocycles. The number of carboxylic acid groups (broad SMARTS) is 2. The molecule has 35 heavy (non-hydrogen) atoms. The van der Waals surface area contributed by atoms with Crippen molar-refractivity contribution in [1.29, 1.82) is 0 Å². The lowest BCUT2D eigenvalue weighted by molar-refractivity contribution is -0.143. The molecular formula is C31H60O4. The van der Waals surface area contributed by atoms with Gasteiger partial charge in [0.1, 0.15) is 0 Å². The SMILES string of the molecule is CCCCCCCCC(CCCCCCCC(C)(C)CC(CCCCCCCC)C(=O)O)C(=O)O. The maximum Gasteiger partial charge on any atom is 0.306 e. The third-order valence-electron chi connectivity index (χ3n) is 7.72. The highest BCUT2D eigenvalue weighted by Gasteiger charge is 2.27. The van der Waals surface area contributed by atoms with Gasteiger partial charge in [-0.25, -0.2) is 0 Å². The van der Waals surface area contributed by atoms with Gasteiger partial charge in [-0.3, -0.25) is 9.59 Å². The van der Waals surface area contributed by atoms with E-state index in [4.69, 9.17) is 0 Å². The predicted molar refractivity (Wildman–Crippen MR) is 149 cm³/mol. The van der Waals surface area contributed by atoms with Crippen LogP contribution in [0.4, 0.5) is 0 Å². The van der Waals surface area contributed by atoms with Crippen molar-refractivity contribution in [3.63, 3.8) is 0 Å². The fourth-order valence-electron chi connectivity index (χ4n) is 5.34. The molecule has 4 heteroatoms. The zero-order valence-corrected chi connectivity index (χ0v) is 23.9. The minimum Gasteiger partial charge on any atom is -0.481 e. The van der Waals surface area contributed by atoms with Crippen molar-refractivity contribution in [1.82, 2.24) is 0 Å². The van der Waals surface area contributed by atoms with E-state index in [1.807, 2.05) is 0 Å². The van der Waals surface area contributed by atoms with Crippen molar-refractivity contribution in [2.45, 2.75) is 169 Å². The summed E-state index contributed by atoms with van der Waals surface area (Å²) < 4.78 is 0. The Kier molecular flexibility index (Phi) is 21.5. The second-order valence-electron chi connectivity index (χ2n) is 11.9. The van der Waals surface area contributed by atoms with Crippen LogP contribution < -0.4 is 0 Å². The third-order valence-corrected chi connectivity index (χ3v) is 7.72. The summed E-state index contributed by atoms with van der Waals surface area (Å²) in [5.41, 5.74) is 0.0663. The van der Waals surface area contributed by atoms with Crippen LogP contribution in [-0.2, 0) is 9.59 Å². The van der Waals surface area contributed by atoms with Crippen molar-refractivity contribution in [3.8, 4) is 0 Å². The first kappa shape index (κ1) is 33.9. The molecule has 208 valence electrons. The van der Waals surface area contributed by atoms with Crippen LogP contribution in [0.15, 0.2) is 0 Å². The number of hydrogen-bond acceptors (Lipinski definition) is 2. The molecule has 0 bridgehead atoms. The normalized spacial score (nSPS) is 13.6. The highest BCUT2D eigenvalue weighted by molar-refractivity contribution is 5.70. The smallest absolute Gasteiger partial charge is 0.306 e. The van der Waals surface area contributed by atoms with Gasteiger partial charge in [0.2, 0.25) is 0 Å². The quantitative estimate of drug-likeness (QED) is 0.117. The number of unbranched alkanes of at least 4 members (excludes halogenated alkanes) is 14. The summed E-state index contributed by atoms with van der Waals surface area (Å²) in [5.74, 6) is -1.62. The van der Waals surface area contributed by atoms with Gasteiger partial charge in [0.25, 0.3) is 0 Å². The Labute approximate surface area is 218 Å². The van der Waals surface area contributed by atoms with Crippen molar-refractivity contribution in [2.24, 2.45) is 17.3 Å². The van der Waals surface area contributed by atoms with Gasteiger partial charge in [0.05, 0.1) is 11.8 Å². The number of carboxylic acids is 2. The average molecular weight is 497 g/mol. The zero-order chi connectivity index (χ0) is 26.4. The Morgan fingerprint density at radius 2 is 0.886 bits per heavy atom. The van der Waals surface area contributed by atoms with Crippen LogP contribution >= 0.6 is 0 Å². The van der Waals surface area contributed by atoms with Crippen molar-refractivity contribution in [3.05, 3.63) is 0 Å². The van der Waals surface area contributed by atoms with E-state index < -0.39 is 11.9 Å². The number of aliphatic carboxylic acids is 2. The summed E-state index contributed by atoms with van der Waals surface area (Å²) in [6, 6.07) is 0. The maximum absolute atomic E-state index is 11.8. The lowest BCUT2D eigenvalue weighted by atomic mass is 9.77. The van der Waals surface area contributed by atoms with E-state index in [0.717, 1.165) is 83.5 Å². The van der Waals surface area contributed by atoms with E-state index in [9.17, 15) is 19.8 Å². The Hall–Kier alpha value is -1.06. The minimum atomic E-state index is -0.624. The van der Waals surface area contributed by atoms with Crippen molar-refractivity contribution < 1.29 is 19.8 Å².